The van der Waals surface area contributed by atoms with Crippen molar-refractivity contribution in [2.75, 3.05) is 49.6 Å². The van der Waals surface area contributed by atoms with E-state index < -0.39 is 11.9 Å². The van der Waals surface area contributed by atoms with E-state index in [1.165, 1.54) is 4.90 Å². The molecule has 1 saturated carbocycles. The third-order valence-corrected chi connectivity index (χ3v) is 9.31. The van der Waals surface area contributed by atoms with E-state index in [0.29, 0.717) is 42.4 Å². The molecule has 5 N–H and O–H groups in total. The van der Waals surface area contributed by atoms with Gasteiger partial charge in [0.2, 0.25) is 11.7 Å². The number of likely N-dealkylation sites (N-methyl/N-ethyl adjacent to an activating group) is 1. The first kappa shape index (κ1) is 34.1. The molecule has 1 aliphatic heterocycles. The first-order valence-corrected chi connectivity index (χ1v) is 16.1. The summed E-state index contributed by atoms with van der Waals surface area (Å²) in [4.78, 5) is 38.6. The van der Waals surface area contributed by atoms with Crippen molar-refractivity contribution < 1.29 is 9.59 Å². The Kier molecular flexibility index (Phi) is 11.3. The van der Waals surface area contributed by atoms with Crippen molar-refractivity contribution in [3.05, 3.63) is 72.4 Å². The Morgan fingerprint density at radius 1 is 0.957 bits per heavy atom. The van der Waals surface area contributed by atoms with Gasteiger partial charge in [0.25, 0.3) is 5.91 Å². The van der Waals surface area contributed by atoms with Crippen molar-refractivity contribution in [3.63, 3.8) is 0 Å². The molecule has 12 nitrogen and oxygen atoms in total. The quantitative estimate of drug-likeness (QED) is 0.243. The van der Waals surface area contributed by atoms with Gasteiger partial charge < -0.3 is 21.3 Å². The fourth-order valence-corrected chi connectivity index (χ4v) is 6.43. The van der Waals surface area contributed by atoms with Crippen LogP contribution in [0.25, 0.3) is 22.5 Å². The molecule has 248 valence electrons. The van der Waals surface area contributed by atoms with Gasteiger partial charge in [-0.15, -0.1) is 22.6 Å². The second-order valence-corrected chi connectivity index (χ2v) is 12.5. The summed E-state index contributed by atoms with van der Waals surface area (Å²) in [7, 11) is 2.14. The van der Waals surface area contributed by atoms with E-state index >= 15 is 0 Å². The lowest BCUT2D eigenvalue weighted by Gasteiger charge is -2.33. The van der Waals surface area contributed by atoms with Crippen LogP contribution in [0.15, 0.2) is 66.9 Å². The van der Waals surface area contributed by atoms with Crippen LogP contribution < -0.4 is 21.3 Å². The van der Waals surface area contributed by atoms with E-state index in [1.54, 1.807) is 24.3 Å². The van der Waals surface area contributed by atoms with Gasteiger partial charge in [0.1, 0.15) is 5.82 Å². The minimum absolute atomic E-state index is 0. The number of nitrogens with one attached hydrogen (secondary N) is 1. The average molecular weight is 659 g/mol. The van der Waals surface area contributed by atoms with Crippen LogP contribution in [-0.4, -0.2) is 88.1 Å². The summed E-state index contributed by atoms with van der Waals surface area (Å²) in [5, 5.41) is 14.1. The number of benzene rings is 2. The number of tetrazole rings is 1. The molecular formula is C34H43ClN10O2. The van der Waals surface area contributed by atoms with Gasteiger partial charge >= 0.3 is 0 Å². The zero-order valence-electron chi connectivity index (χ0n) is 26.7. The van der Waals surface area contributed by atoms with Gasteiger partial charge in [-0.3, -0.25) is 9.59 Å². The lowest BCUT2D eigenvalue weighted by molar-refractivity contribution is -0.130. The fourth-order valence-electron chi connectivity index (χ4n) is 6.43. The predicted molar refractivity (Wildman–Crippen MR) is 185 cm³/mol. The molecule has 0 bridgehead atoms. The SMILES string of the molecule is CN1CCN(c2cc(-c3cccc(C[C@H](N)C(=O)N(C(=O)C4CCC(CN)CC4)c4ccc(-c5nn[nH]n5)cc4)c3)ccn2)CC1.Cl. The first-order chi connectivity index (χ1) is 22.4. The van der Waals surface area contributed by atoms with Gasteiger partial charge in [0.05, 0.1) is 11.7 Å². The van der Waals surface area contributed by atoms with Crippen LogP contribution in [-0.2, 0) is 16.0 Å². The number of rotatable bonds is 9. The molecule has 13 heteroatoms. The Labute approximate surface area is 281 Å². The Morgan fingerprint density at radius 3 is 2.36 bits per heavy atom. The van der Waals surface area contributed by atoms with Crippen LogP contribution in [0.1, 0.15) is 31.2 Å². The zero-order valence-corrected chi connectivity index (χ0v) is 27.5. The van der Waals surface area contributed by atoms with Gasteiger partial charge in [0.15, 0.2) is 0 Å². The highest BCUT2D eigenvalue weighted by molar-refractivity contribution is 6.17. The van der Waals surface area contributed by atoms with E-state index in [9.17, 15) is 9.59 Å². The molecule has 1 saturated heterocycles. The van der Waals surface area contributed by atoms with Crippen LogP contribution in [0, 0.1) is 11.8 Å². The molecule has 2 aromatic heterocycles. The normalized spacial score (nSPS) is 19.1. The maximum Gasteiger partial charge on any atom is 0.251 e. The smallest absolute Gasteiger partial charge is 0.251 e. The van der Waals surface area contributed by atoms with Gasteiger partial charge in [-0.1, -0.05) is 24.3 Å². The number of hydrogen-bond acceptors (Lipinski definition) is 10. The molecule has 4 aromatic rings. The molecule has 3 heterocycles. The summed E-state index contributed by atoms with van der Waals surface area (Å²) in [5.74, 6) is 0.894. The van der Waals surface area contributed by atoms with Crippen LogP contribution in [0.3, 0.4) is 0 Å². The van der Waals surface area contributed by atoms with Gasteiger partial charge in [-0.05, 0) is 110 Å². The summed E-state index contributed by atoms with van der Waals surface area (Å²) in [6.45, 7) is 4.50. The topological polar surface area (TPSA) is 163 Å². The molecule has 2 aromatic carbocycles. The minimum atomic E-state index is -0.921. The summed E-state index contributed by atoms with van der Waals surface area (Å²) in [5.41, 5.74) is 16.7. The molecule has 1 aliphatic carbocycles. The number of halogens is 1. The molecule has 2 fully saturated rings. The van der Waals surface area contributed by atoms with Crippen molar-refractivity contribution in [1.82, 2.24) is 30.5 Å². The fraction of sp³-hybridized carbons (Fsp3) is 0.412. The van der Waals surface area contributed by atoms with Crippen molar-refractivity contribution in [1.29, 1.82) is 0 Å². The summed E-state index contributed by atoms with van der Waals surface area (Å²) < 4.78 is 0. The van der Waals surface area contributed by atoms with E-state index in [4.69, 9.17) is 11.5 Å². The Hall–Kier alpha value is -4.23. The number of H-pyrrole nitrogens is 1. The maximum absolute atomic E-state index is 14.1. The number of anilines is 2. The van der Waals surface area contributed by atoms with Crippen molar-refractivity contribution in [2.45, 2.75) is 38.1 Å². The molecule has 47 heavy (non-hydrogen) atoms. The summed E-state index contributed by atoms with van der Waals surface area (Å²) in [6.07, 6.45) is 5.27. The number of aromatic amines is 1. The van der Waals surface area contributed by atoms with Crippen molar-refractivity contribution in [2.24, 2.45) is 23.3 Å². The molecule has 6 rings (SSSR count). The number of pyridine rings is 1. The highest BCUT2D eigenvalue weighted by atomic mass is 35.5. The standard InChI is InChI=1S/C34H42N10O2.ClH/c1-42-15-17-43(18-16-42)31-21-28(13-14-37-31)27-4-2-3-24(19-27)20-30(36)34(46)44(33(45)26-7-5-23(22-35)6-8-26)29-11-9-25(10-12-29)32-38-40-41-39-32;/h2-4,9-14,19,21,23,26,30H,5-8,15-18,20,22,35-36H2,1H3,(H,38,39,40,41);1H/t23?,26?,30-;/m0./s1. The average Bonchev–Trinajstić information content (AvgIpc) is 3.64. The molecule has 1 atom stereocenters. The molecule has 0 radical (unpaired) electrons. The number of nitrogens with two attached hydrogens (primary N) is 2. The van der Waals surface area contributed by atoms with E-state index in [2.05, 4.69) is 60.7 Å². The third-order valence-electron chi connectivity index (χ3n) is 9.31. The van der Waals surface area contributed by atoms with Crippen LogP contribution in [0.5, 0.6) is 0 Å². The summed E-state index contributed by atoms with van der Waals surface area (Å²) >= 11 is 0. The minimum Gasteiger partial charge on any atom is -0.354 e. The lowest BCUT2D eigenvalue weighted by Crippen LogP contribution is -2.50. The first-order valence-electron chi connectivity index (χ1n) is 16.1. The van der Waals surface area contributed by atoms with E-state index in [1.807, 2.05) is 24.4 Å². The number of carbonyl (C=O) groups excluding carboxylic acids is 2. The maximum atomic E-state index is 14.1. The van der Waals surface area contributed by atoms with Crippen LogP contribution in [0.4, 0.5) is 11.5 Å². The number of piperazine rings is 1. The second kappa shape index (κ2) is 15.6. The molecular weight excluding hydrogens is 616 g/mol. The van der Waals surface area contributed by atoms with E-state index in [-0.39, 0.29) is 30.7 Å². The predicted octanol–water partition coefficient (Wildman–Crippen LogP) is 3.30. The lowest BCUT2D eigenvalue weighted by atomic mass is 9.81. The summed E-state index contributed by atoms with van der Waals surface area (Å²) in [6, 6.07) is 18.3. The van der Waals surface area contributed by atoms with Crippen LogP contribution in [0.2, 0.25) is 0 Å². The Morgan fingerprint density at radius 2 is 1.68 bits per heavy atom. The molecule has 2 aliphatic rings. The number of nitrogens with zero attached hydrogens (tertiary/aromatic N) is 7. The number of carbonyl (C=O) groups is 2. The number of amides is 2. The molecule has 2 amide bonds. The number of hydrogen-bond donors (Lipinski definition) is 3. The van der Waals surface area contributed by atoms with Gasteiger partial charge in [-0.25, -0.2) is 9.88 Å². The van der Waals surface area contributed by atoms with Crippen molar-refractivity contribution >= 4 is 35.7 Å². The number of imide groups is 1. The highest BCUT2D eigenvalue weighted by Crippen LogP contribution is 2.32. The number of aromatic nitrogens is 5. The Balaban J connectivity index is 0.00000433. The third kappa shape index (κ3) is 8.02. The Bertz CT molecular complexity index is 1620. The second-order valence-electron chi connectivity index (χ2n) is 12.5. The van der Waals surface area contributed by atoms with Gasteiger partial charge in [0, 0.05) is 43.9 Å². The van der Waals surface area contributed by atoms with E-state index in [0.717, 1.165) is 61.5 Å². The van der Waals surface area contributed by atoms with Crippen LogP contribution >= 0.6 is 12.4 Å². The van der Waals surface area contributed by atoms with Crippen molar-refractivity contribution in [3.8, 4) is 22.5 Å². The molecule has 0 spiro atoms. The highest BCUT2D eigenvalue weighted by Gasteiger charge is 2.35. The zero-order chi connectivity index (χ0) is 32.0. The molecule has 0 unspecified atom stereocenters. The largest absolute Gasteiger partial charge is 0.354 e. The van der Waals surface area contributed by atoms with Gasteiger partial charge in [-0.2, -0.15) is 5.21 Å². The monoisotopic (exact) mass is 658 g/mol.